The summed E-state index contributed by atoms with van der Waals surface area (Å²) in [6, 6.07) is 3.06. The van der Waals surface area contributed by atoms with Crippen LogP contribution in [-0.4, -0.2) is 67.0 Å². The van der Waals surface area contributed by atoms with E-state index < -0.39 is 13.0 Å². The molecule has 24 heavy (non-hydrogen) atoms. The highest BCUT2D eigenvalue weighted by Crippen LogP contribution is 2.38. The number of ether oxygens (including phenoxy) is 1. The summed E-state index contributed by atoms with van der Waals surface area (Å²) < 4.78 is 29.1. The quantitative estimate of drug-likeness (QED) is 0.844. The molecule has 1 atom stereocenters. The summed E-state index contributed by atoms with van der Waals surface area (Å²) in [5.41, 5.74) is 0.691. The molecule has 0 aromatic carbocycles. The third-order valence-corrected chi connectivity index (χ3v) is 4.92. The fourth-order valence-corrected chi connectivity index (χ4v) is 3.82. The molecule has 0 radical (unpaired) electrons. The van der Waals surface area contributed by atoms with Crippen molar-refractivity contribution in [3.8, 4) is 5.88 Å². The number of alkyl halides is 2. The Hall–Kier alpha value is -1.76. The van der Waals surface area contributed by atoms with Crippen LogP contribution in [0.3, 0.4) is 0 Å². The number of halogens is 2. The molecule has 1 spiro atoms. The van der Waals surface area contributed by atoms with Crippen molar-refractivity contribution in [2.75, 3.05) is 39.8 Å². The molecule has 1 amide bonds. The second-order valence-corrected chi connectivity index (χ2v) is 6.91. The van der Waals surface area contributed by atoms with E-state index in [1.54, 1.807) is 6.07 Å². The molecular weight excluding hydrogens is 316 g/mol. The van der Waals surface area contributed by atoms with Crippen LogP contribution in [0.1, 0.15) is 29.6 Å². The number of likely N-dealkylation sites (tertiary alicyclic amines) is 2. The van der Waals surface area contributed by atoms with Gasteiger partial charge in [0.25, 0.3) is 12.3 Å². The lowest BCUT2D eigenvalue weighted by Crippen LogP contribution is -2.43. The minimum Gasteiger partial charge on any atom is -0.472 e. The van der Waals surface area contributed by atoms with Crippen molar-refractivity contribution in [3.05, 3.63) is 23.9 Å². The van der Waals surface area contributed by atoms with Crippen LogP contribution in [0.25, 0.3) is 0 Å². The lowest BCUT2D eigenvalue weighted by atomic mass is 9.79. The van der Waals surface area contributed by atoms with Crippen LogP contribution in [-0.2, 0) is 0 Å². The predicted octanol–water partition coefficient (Wildman–Crippen LogP) is 2.28. The topological polar surface area (TPSA) is 45.7 Å². The Morgan fingerprint density at radius 1 is 1.33 bits per heavy atom. The van der Waals surface area contributed by atoms with E-state index in [1.807, 2.05) is 4.90 Å². The van der Waals surface area contributed by atoms with E-state index in [1.165, 1.54) is 25.1 Å². The molecule has 5 nitrogen and oxygen atoms in total. The number of nitrogens with zero attached hydrogens (tertiary/aromatic N) is 3. The molecule has 2 aliphatic heterocycles. The zero-order valence-corrected chi connectivity index (χ0v) is 13.9. The lowest BCUT2D eigenvalue weighted by molar-refractivity contribution is 0.0719. The first-order valence-electron chi connectivity index (χ1n) is 8.32. The first-order chi connectivity index (χ1) is 11.5. The summed E-state index contributed by atoms with van der Waals surface area (Å²) in [4.78, 5) is 20.8. The van der Waals surface area contributed by atoms with Crippen LogP contribution in [0, 0.1) is 5.41 Å². The Kier molecular flexibility index (Phi) is 4.99. The molecule has 2 saturated heterocycles. The maximum Gasteiger partial charge on any atom is 0.272 e. The van der Waals surface area contributed by atoms with Crippen molar-refractivity contribution < 1.29 is 18.3 Å². The molecule has 2 fully saturated rings. The average Bonchev–Trinajstić information content (AvgIpc) is 2.95. The van der Waals surface area contributed by atoms with Gasteiger partial charge in [-0.3, -0.25) is 4.79 Å². The fraction of sp³-hybridized carbons (Fsp3) is 0.647. The maximum absolute atomic E-state index is 12.6. The summed E-state index contributed by atoms with van der Waals surface area (Å²) in [7, 11) is 2.13. The van der Waals surface area contributed by atoms with Gasteiger partial charge in [0, 0.05) is 37.3 Å². The Morgan fingerprint density at radius 3 is 2.83 bits per heavy atom. The van der Waals surface area contributed by atoms with Crippen molar-refractivity contribution in [2.24, 2.45) is 5.41 Å². The van der Waals surface area contributed by atoms with E-state index in [-0.39, 0.29) is 17.2 Å². The van der Waals surface area contributed by atoms with Gasteiger partial charge in [-0.25, -0.2) is 13.8 Å². The smallest absolute Gasteiger partial charge is 0.272 e. The van der Waals surface area contributed by atoms with E-state index in [0.29, 0.717) is 5.56 Å². The minimum atomic E-state index is -2.54. The van der Waals surface area contributed by atoms with Crippen LogP contribution in [0.2, 0.25) is 0 Å². The van der Waals surface area contributed by atoms with E-state index in [2.05, 4.69) is 16.9 Å². The molecule has 7 heteroatoms. The van der Waals surface area contributed by atoms with Gasteiger partial charge in [-0.05, 0) is 38.9 Å². The van der Waals surface area contributed by atoms with Crippen molar-refractivity contribution in [1.29, 1.82) is 0 Å². The Morgan fingerprint density at radius 2 is 2.17 bits per heavy atom. The van der Waals surface area contributed by atoms with Crippen molar-refractivity contribution >= 4 is 5.91 Å². The second-order valence-electron chi connectivity index (χ2n) is 6.91. The van der Waals surface area contributed by atoms with Crippen molar-refractivity contribution in [1.82, 2.24) is 14.8 Å². The highest BCUT2D eigenvalue weighted by molar-refractivity contribution is 5.94. The molecule has 1 unspecified atom stereocenters. The summed E-state index contributed by atoms with van der Waals surface area (Å²) in [6.07, 6.45) is 2.24. The van der Waals surface area contributed by atoms with Gasteiger partial charge in [0.15, 0.2) is 6.61 Å². The molecule has 1 aromatic heterocycles. The number of hydrogen-bond acceptors (Lipinski definition) is 4. The van der Waals surface area contributed by atoms with Gasteiger partial charge >= 0.3 is 0 Å². The van der Waals surface area contributed by atoms with Crippen molar-refractivity contribution in [2.45, 2.75) is 25.7 Å². The standard InChI is InChI=1S/C17H23F2N3O2/c1-21-7-2-5-17(11-21)6-8-22(12-17)16(23)13-3-4-15(20-9-13)24-10-14(18)19/h3-4,9,14H,2,5-8,10-12H2,1H3. The Balaban J connectivity index is 1.60. The van der Waals surface area contributed by atoms with Crippen LogP contribution >= 0.6 is 0 Å². The number of carbonyl (C=O) groups excluding carboxylic acids is 1. The van der Waals surface area contributed by atoms with E-state index >= 15 is 0 Å². The number of rotatable bonds is 4. The van der Waals surface area contributed by atoms with Crippen LogP contribution in [0.15, 0.2) is 18.3 Å². The fourth-order valence-electron chi connectivity index (χ4n) is 3.82. The zero-order chi connectivity index (χ0) is 17.2. The number of carbonyl (C=O) groups is 1. The van der Waals surface area contributed by atoms with Gasteiger partial charge in [0.05, 0.1) is 5.56 Å². The average molecular weight is 339 g/mol. The Labute approximate surface area is 140 Å². The molecule has 2 aliphatic rings. The monoisotopic (exact) mass is 339 g/mol. The van der Waals surface area contributed by atoms with Gasteiger partial charge < -0.3 is 14.5 Å². The summed E-state index contributed by atoms with van der Waals surface area (Å²) in [5, 5.41) is 0. The van der Waals surface area contributed by atoms with Gasteiger partial charge in [0.1, 0.15) is 0 Å². The summed E-state index contributed by atoms with van der Waals surface area (Å²) in [5.74, 6) is 0.0617. The molecule has 0 N–H and O–H groups in total. The zero-order valence-electron chi connectivity index (χ0n) is 13.9. The third-order valence-electron chi connectivity index (χ3n) is 4.92. The highest BCUT2D eigenvalue weighted by atomic mass is 19.3. The summed E-state index contributed by atoms with van der Waals surface area (Å²) >= 11 is 0. The number of hydrogen-bond donors (Lipinski definition) is 0. The second kappa shape index (κ2) is 7.01. The van der Waals surface area contributed by atoms with Gasteiger partial charge in [-0.2, -0.15) is 0 Å². The minimum absolute atomic E-state index is 0.0481. The van der Waals surface area contributed by atoms with Gasteiger partial charge in [-0.15, -0.1) is 0 Å². The predicted molar refractivity (Wildman–Crippen MR) is 85.4 cm³/mol. The van der Waals surface area contributed by atoms with Crippen LogP contribution in [0.4, 0.5) is 8.78 Å². The van der Waals surface area contributed by atoms with Gasteiger partial charge in [-0.1, -0.05) is 0 Å². The summed E-state index contributed by atoms with van der Waals surface area (Å²) in [6.45, 7) is 3.01. The molecule has 132 valence electrons. The first kappa shape index (κ1) is 17.1. The molecule has 1 aromatic rings. The van der Waals surface area contributed by atoms with E-state index in [0.717, 1.165) is 32.6 Å². The third kappa shape index (κ3) is 3.83. The van der Waals surface area contributed by atoms with E-state index in [9.17, 15) is 13.6 Å². The number of amides is 1. The normalized spacial score (nSPS) is 24.8. The van der Waals surface area contributed by atoms with Gasteiger partial charge in [0.2, 0.25) is 5.88 Å². The van der Waals surface area contributed by atoms with E-state index in [4.69, 9.17) is 4.74 Å². The maximum atomic E-state index is 12.6. The molecule has 3 rings (SSSR count). The van der Waals surface area contributed by atoms with Crippen LogP contribution in [0.5, 0.6) is 5.88 Å². The number of pyridine rings is 1. The molecular formula is C17H23F2N3O2. The number of aromatic nitrogens is 1. The lowest BCUT2D eigenvalue weighted by Gasteiger charge is -2.38. The van der Waals surface area contributed by atoms with Crippen LogP contribution < -0.4 is 4.74 Å². The largest absolute Gasteiger partial charge is 0.472 e. The first-order valence-corrected chi connectivity index (χ1v) is 8.32. The molecule has 0 aliphatic carbocycles. The molecule has 0 saturated carbocycles. The van der Waals surface area contributed by atoms with Crippen molar-refractivity contribution in [3.63, 3.8) is 0 Å². The molecule has 3 heterocycles. The number of piperidine rings is 1. The SMILES string of the molecule is CN1CCCC2(CCN(C(=O)c3ccc(OCC(F)F)nc3)C2)C1. The highest BCUT2D eigenvalue weighted by Gasteiger charge is 2.42. The Bertz CT molecular complexity index is 582. The molecule has 0 bridgehead atoms.